The Morgan fingerprint density at radius 1 is 1.00 bits per heavy atom. The summed E-state index contributed by atoms with van der Waals surface area (Å²) in [5, 5.41) is 5.65. The van der Waals surface area contributed by atoms with Crippen molar-refractivity contribution in [3.05, 3.63) is 84.2 Å². The molecule has 0 aliphatic carbocycles. The lowest BCUT2D eigenvalue weighted by atomic mass is 10.0. The van der Waals surface area contributed by atoms with E-state index in [2.05, 4.69) is 15.6 Å². The molecular formula is C22H19N3O4. The van der Waals surface area contributed by atoms with Crippen LogP contribution in [0.25, 0.3) is 0 Å². The van der Waals surface area contributed by atoms with E-state index < -0.39 is 6.04 Å². The lowest BCUT2D eigenvalue weighted by Gasteiger charge is -2.19. The zero-order chi connectivity index (χ0) is 20.1. The Morgan fingerprint density at radius 2 is 1.83 bits per heavy atom. The van der Waals surface area contributed by atoms with Gasteiger partial charge in [-0.2, -0.15) is 0 Å². The maximum Gasteiger partial charge on any atom is 0.253 e. The third-order valence-electron chi connectivity index (χ3n) is 4.47. The van der Waals surface area contributed by atoms with Gasteiger partial charge in [0.05, 0.1) is 5.56 Å². The van der Waals surface area contributed by atoms with Gasteiger partial charge in [0.1, 0.15) is 6.04 Å². The zero-order valence-corrected chi connectivity index (χ0v) is 15.5. The summed E-state index contributed by atoms with van der Waals surface area (Å²) in [6.07, 6.45) is 3.40. The number of benzene rings is 2. The molecule has 29 heavy (non-hydrogen) atoms. The van der Waals surface area contributed by atoms with Crippen LogP contribution in [-0.2, 0) is 11.2 Å². The number of carbonyl (C=O) groups excluding carboxylic acids is 2. The maximum absolute atomic E-state index is 13.0. The number of fused-ring (bicyclic) bond motifs is 1. The summed E-state index contributed by atoms with van der Waals surface area (Å²) in [5.41, 5.74) is 1.89. The average Bonchev–Trinajstić information content (AvgIpc) is 3.22. The lowest BCUT2D eigenvalue weighted by Crippen LogP contribution is -2.45. The highest BCUT2D eigenvalue weighted by atomic mass is 16.7. The molecule has 1 atom stereocenters. The quantitative estimate of drug-likeness (QED) is 0.677. The van der Waals surface area contributed by atoms with Crippen LogP contribution in [0.2, 0.25) is 0 Å². The fourth-order valence-electron chi connectivity index (χ4n) is 3.00. The average molecular weight is 389 g/mol. The summed E-state index contributed by atoms with van der Waals surface area (Å²) in [7, 11) is 0. The minimum absolute atomic E-state index is 0.157. The van der Waals surface area contributed by atoms with Gasteiger partial charge in [0.2, 0.25) is 12.7 Å². The van der Waals surface area contributed by atoms with Crippen LogP contribution in [0.4, 0.5) is 5.69 Å². The van der Waals surface area contributed by atoms with Gasteiger partial charge < -0.3 is 20.1 Å². The number of aromatic nitrogens is 1. The number of ether oxygens (including phenoxy) is 2. The molecule has 2 aromatic carbocycles. The summed E-state index contributed by atoms with van der Waals surface area (Å²) < 4.78 is 10.6. The molecule has 1 aromatic heterocycles. The second-order valence-electron chi connectivity index (χ2n) is 6.51. The lowest BCUT2D eigenvalue weighted by molar-refractivity contribution is -0.118. The van der Waals surface area contributed by atoms with E-state index in [-0.39, 0.29) is 18.6 Å². The van der Waals surface area contributed by atoms with E-state index in [1.807, 2.05) is 30.3 Å². The molecule has 0 radical (unpaired) electrons. The number of nitrogens with zero attached hydrogens (tertiary/aromatic N) is 1. The van der Waals surface area contributed by atoms with Crippen LogP contribution in [0, 0.1) is 0 Å². The van der Waals surface area contributed by atoms with E-state index in [1.165, 1.54) is 6.20 Å². The molecule has 0 saturated heterocycles. The molecule has 0 spiro atoms. The Kier molecular flexibility index (Phi) is 5.38. The van der Waals surface area contributed by atoms with Gasteiger partial charge in [-0.25, -0.2) is 0 Å². The number of carbonyl (C=O) groups is 2. The third-order valence-corrected chi connectivity index (χ3v) is 4.47. The Hall–Kier alpha value is -3.87. The molecule has 7 heteroatoms. The predicted molar refractivity (Wildman–Crippen MR) is 107 cm³/mol. The number of hydrogen-bond donors (Lipinski definition) is 2. The molecule has 1 aliphatic heterocycles. The zero-order valence-electron chi connectivity index (χ0n) is 15.5. The number of hydrogen-bond acceptors (Lipinski definition) is 5. The Labute approximate surface area is 167 Å². The maximum atomic E-state index is 13.0. The predicted octanol–water partition coefficient (Wildman–Crippen LogP) is 2.79. The van der Waals surface area contributed by atoms with Crippen molar-refractivity contribution in [1.29, 1.82) is 0 Å². The molecular weight excluding hydrogens is 370 g/mol. The molecule has 0 fully saturated rings. The van der Waals surface area contributed by atoms with Crippen LogP contribution < -0.4 is 20.1 Å². The van der Waals surface area contributed by atoms with Gasteiger partial charge >= 0.3 is 0 Å². The molecule has 146 valence electrons. The first-order valence-electron chi connectivity index (χ1n) is 9.14. The minimum Gasteiger partial charge on any atom is -0.454 e. The summed E-state index contributed by atoms with van der Waals surface area (Å²) in [6, 6.07) is 17.2. The van der Waals surface area contributed by atoms with Crippen molar-refractivity contribution in [3.8, 4) is 11.5 Å². The largest absolute Gasteiger partial charge is 0.454 e. The topological polar surface area (TPSA) is 89.6 Å². The third kappa shape index (κ3) is 4.52. The van der Waals surface area contributed by atoms with E-state index in [4.69, 9.17) is 9.47 Å². The molecule has 4 rings (SSSR count). The van der Waals surface area contributed by atoms with E-state index in [0.29, 0.717) is 29.2 Å². The molecule has 0 saturated carbocycles. The van der Waals surface area contributed by atoms with Crippen LogP contribution in [-0.4, -0.2) is 29.6 Å². The smallest absolute Gasteiger partial charge is 0.253 e. The van der Waals surface area contributed by atoms with Gasteiger partial charge in [-0.3, -0.25) is 14.6 Å². The summed E-state index contributed by atoms with van der Waals surface area (Å²) in [6.45, 7) is 0.157. The Balaban J connectivity index is 1.52. The molecule has 2 amide bonds. The SMILES string of the molecule is O=C(NC(Cc1ccccc1)C(=O)Nc1ccc2c(c1)OCO2)c1cccnc1. The van der Waals surface area contributed by atoms with Crippen molar-refractivity contribution in [3.63, 3.8) is 0 Å². The first kappa shape index (κ1) is 18.5. The van der Waals surface area contributed by atoms with Crippen LogP contribution in [0.1, 0.15) is 15.9 Å². The van der Waals surface area contributed by atoms with Crippen molar-refractivity contribution in [2.24, 2.45) is 0 Å². The van der Waals surface area contributed by atoms with Crippen LogP contribution in [0.15, 0.2) is 73.1 Å². The normalized spacial score (nSPS) is 12.8. The second-order valence-corrected chi connectivity index (χ2v) is 6.51. The molecule has 1 unspecified atom stereocenters. The van der Waals surface area contributed by atoms with E-state index in [0.717, 1.165) is 5.56 Å². The van der Waals surface area contributed by atoms with Crippen LogP contribution >= 0.6 is 0 Å². The summed E-state index contributed by atoms with van der Waals surface area (Å²) in [5.74, 6) is 0.514. The van der Waals surface area contributed by atoms with Crippen molar-refractivity contribution in [2.75, 3.05) is 12.1 Å². The van der Waals surface area contributed by atoms with Gasteiger partial charge in [-0.05, 0) is 29.8 Å². The minimum atomic E-state index is -0.768. The van der Waals surface area contributed by atoms with E-state index in [9.17, 15) is 9.59 Å². The standard InChI is InChI=1S/C22H19N3O4/c26-21(16-7-4-10-23-13-16)25-18(11-15-5-2-1-3-6-15)22(27)24-17-8-9-19-20(12-17)29-14-28-19/h1-10,12-13,18H,11,14H2,(H,24,27)(H,25,26). The Morgan fingerprint density at radius 3 is 2.62 bits per heavy atom. The highest BCUT2D eigenvalue weighted by molar-refractivity contribution is 6.01. The number of nitrogens with one attached hydrogen (secondary N) is 2. The molecule has 0 bridgehead atoms. The number of pyridine rings is 1. The van der Waals surface area contributed by atoms with Crippen molar-refractivity contribution in [2.45, 2.75) is 12.5 Å². The number of anilines is 1. The van der Waals surface area contributed by atoms with Gasteiger partial charge in [0, 0.05) is 30.6 Å². The fraction of sp³-hybridized carbons (Fsp3) is 0.136. The highest BCUT2D eigenvalue weighted by Gasteiger charge is 2.23. The summed E-state index contributed by atoms with van der Waals surface area (Å²) >= 11 is 0. The van der Waals surface area contributed by atoms with Gasteiger partial charge in [0.25, 0.3) is 5.91 Å². The number of rotatable bonds is 6. The van der Waals surface area contributed by atoms with Crippen molar-refractivity contribution in [1.82, 2.24) is 10.3 Å². The highest BCUT2D eigenvalue weighted by Crippen LogP contribution is 2.34. The van der Waals surface area contributed by atoms with Crippen LogP contribution in [0.3, 0.4) is 0 Å². The first-order valence-corrected chi connectivity index (χ1v) is 9.14. The van der Waals surface area contributed by atoms with E-state index in [1.54, 1.807) is 36.5 Å². The molecule has 3 aromatic rings. The first-order chi connectivity index (χ1) is 14.2. The van der Waals surface area contributed by atoms with Gasteiger partial charge in [0.15, 0.2) is 11.5 Å². The number of amides is 2. The molecule has 2 N–H and O–H groups in total. The Bertz CT molecular complexity index is 1010. The van der Waals surface area contributed by atoms with Crippen LogP contribution in [0.5, 0.6) is 11.5 Å². The summed E-state index contributed by atoms with van der Waals surface area (Å²) in [4.78, 5) is 29.5. The van der Waals surface area contributed by atoms with E-state index >= 15 is 0 Å². The van der Waals surface area contributed by atoms with Gasteiger partial charge in [-0.1, -0.05) is 30.3 Å². The molecule has 7 nitrogen and oxygen atoms in total. The monoisotopic (exact) mass is 389 g/mol. The fourth-order valence-corrected chi connectivity index (χ4v) is 3.00. The second kappa shape index (κ2) is 8.43. The van der Waals surface area contributed by atoms with Crippen molar-refractivity contribution < 1.29 is 19.1 Å². The molecule has 1 aliphatic rings. The molecule has 2 heterocycles. The van der Waals surface area contributed by atoms with Crippen molar-refractivity contribution >= 4 is 17.5 Å². The van der Waals surface area contributed by atoms with Gasteiger partial charge in [-0.15, -0.1) is 0 Å².